The third-order valence-electron chi connectivity index (χ3n) is 4.42. The average Bonchev–Trinajstić information content (AvgIpc) is 3.02. The van der Waals surface area contributed by atoms with Crippen LogP contribution in [0.1, 0.15) is 25.5 Å². The maximum atomic E-state index is 12.2. The zero-order valence-corrected chi connectivity index (χ0v) is 14.2. The number of anilines is 1. The minimum atomic E-state index is -0.178. The molecule has 2 amide bonds. The number of rotatable bonds is 4. The van der Waals surface area contributed by atoms with Crippen LogP contribution in [0.15, 0.2) is 36.5 Å². The number of benzene rings is 1. The molecule has 2 aromatic rings. The van der Waals surface area contributed by atoms with Gasteiger partial charge >= 0.3 is 6.03 Å². The first-order chi connectivity index (χ1) is 11.6. The standard InChI is InChI=1S/C18H24N4O2/c1-13-6-9-22(21-13)17-5-3-4-16(12-17)20-18(23)19-14(2)15-7-10-24-11-8-15/h3-6,9,12,14-15H,7-8,10-11H2,1-2H3,(H2,19,20,23)/t14-/m0/s1. The van der Waals surface area contributed by atoms with E-state index in [1.165, 1.54) is 0 Å². The van der Waals surface area contributed by atoms with Crippen molar-refractivity contribution >= 4 is 11.7 Å². The molecule has 24 heavy (non-hydrogen) atoms. The normalized spacial score (nSPS) is 16.6. The third-order valence-corrected chi connectivity index (χ3v) is 4.42. The molecule has 1 atom stereocenters. The molecule has 2 N–H and O–H groups in total. The number of aromatic nitrogens is 2. The fraction of sp³-hybridized carbons (Fsp3) is 0.444. The van der Waals surface area contributed by atoms with Crippen molar-refractivity contribution in [2.24, 2.45) is 5.92 Å². The lowest BCUT2D eigenvalue weighted by Gasteiger charge is -2.28. The molecule has 0 saturated carbocycles. The Morgan fingerprint density at radius 3 is 2.83 bits per heavy atom. The zero-order chi connectivity index (χ0) is 16.9. The Morgan fingerprint density at radius 1 is 1.33 bits per heavy atom. The highest BCUT2D eigenvalue weighted by atomic mass is 16.5. The number of nitrogens with one attached hydrogen (secondary N) is 2. The van der Waals surface area contributed by atoms with Gasteiger partial charge in [-0.3, -0.25) is 0 Å². The molecule has 1 fully saturated rings. The molecule has 3 rings (SSSR count). The van der Waals surface area contributed by atoms with Gasteiger partial charge in [-0.05, 0) is 56.9 Å². The molecule has 0 radical (unpaired) electrons. The lowest BCUT2D eigenvalue weighted by molar-refractivity contribution is 0.0573. The Morgan fingerprint density at radius 2 is 2.12 bits per heavy atom. The van der Waals surface area contributed by atoms with E-state index in [4.69, 9.17) is 4.74 Å². The summed E-state index contributed by atoms with van der Waals surface area (Å²) in [4.78, 5) is 12.2. The smallest absolute Gasteiger partial charge is 0.319 e. The van der Waals surface area contributed by atoms with Crippen LogP contribution in [-0.4, -0.2) is 35.1 Å². The molecule has 6 heteroatoms. The molecule has 128 valence electrons. The summed E-state index contributed by atoms with van der Waals surface area (Å²) in [6, 6.07) is 9.55. The quantitative estimate of drug-likeness (QED) is 0.906. The van der Waals surface area contributed by atoms with E-state index in [0.717, 1.165) is 43.1 Å². The molecule has 1 aromatic carbocycles. The highest BCUT2D eigenvalue weighted by Crippen LogP contribution is 2.19. The van der Waals surface area contributed by atoms with Crippen molar-refractivity contribution in [2.45, 2.75) is 32.7 Å². The molecule has 6 nitrogen and oxygen atoms in total. The first kappa shape index (κ1) is 16.5. The number of hydrogen-bond donors (Lipinski definition) is 2. The number of urea groups is 1. The van der Waals surface area contributed by atoms with Gasteiger partial charge in [0.25, 0.3) is 0 Å². The highest BCUT2D eigenvalue weighted by Gasteiger charge is 2.21. The summed E-state index contributed by atoms with van der Waals surface area (Å²) in [5, 5.41) is 10.3. The van der Waals surface area contributed by atoms with Crippen molar-refractivity contribution in [2.75, 3.05) is 18.5 Å². The van der Waals surface area contributed by atoms with Crippen molar-refractivity contribution in [1.82, 2.24) is 15.1 Å². The van der Waals surface area contributed by atoms with Gasteiger partial charge in [0, 0.05) is 31.1 Å². The molecule has 0 aliphatic carbocycles. The predicted molar refractivity (Wildman–Crippen MR) is 93.5 cm³/mol. The van der Waals surface area contributed by atoms with Crippen LogP contribution < -0.4 is 10.6 Å². The molecule has 1 aliphatic rings. The van der Waals surface area contributed by atoms with E-state index in [-0.39, 0.29) is 12.1 Å². The second-order valence-corrected chi connectivity index (χ2v) is 6.29. The molecule has 2 heterocycles. The van der Waals surface area contributed by atoms with E-state index in [1.807, 2.05) is 43.5 Å². The maximum Gasteiger partial charge on any atom is 0.319 e. The fourth-order valence-electron chi connectivity index (χ4n) is 2.99. The van der Waals surface area contributed by atoms with Crippen LogP contribution >= 0.6 is 0 Å². The summed E-state index contributed by atoms with van der Waals surface area (Å²) in [7, 11) is 0. The Kier molecular flexibility index (Phi) is 5.15. The van der Waals surface area contributed by atoms with E-state index < -0.39 is 0 Å². The zero-order valence-electron chi connectivity index (χ0n) is 14.2. The van der Waals surface area contributed by atoms with E-state index in [0.29, 0.717) is 5.92 Å². The summed E-state index contributed by atoms with van der Waals surface area (Å²) in [5.41, 5.74) is 2.62. The van der Waals surface area contributed by atoms with Gasteiger partial charge in [0.1, 0.15) is 0 Å². The van der Waals surface area contributed by atoms with Crippen molar-refractivity contribution in [3.63, 3.8) is 0 Å². The second kappa shape index (κ2) is 7.49. The minimum absolute atomic E-state index is 0.130. The molecule has 0 unspecified atom stereocenters. The fourth-order valence-corrected chi connectivity index (χ4v) is 2.99. The SMILES string of the molecule is Cc1ccn(-c2cccc(NC(=O)N[C@@H](C)C3CCOCC3)c2)n1. The summed E-state index contributed by atoms with van der Waals surface area (Å²) < 4.78 is 7.17. The topological polar surface area (TPSA) is 68.2 Å². The Hall–Kier alpha value is -2.34. The number of amides is 2. The first-order valence-corrected chi connectivity index (χ1v) is 8.40. The number of carbonyl (C=O) groups excluding carboxylic acids is 1. The Balaban J connectivity index is 1.60. The summed E-state index contributed by atoms with van der Waals surface area (Å²) in [6.45, 7) is 5.57. The number of carbonyl (C=O) groups is 1. The largest absolute Gasteiger partial charge is 0.381 e. The van der Waals surface area contributed by atoms with E-state index in [9.17, 15) is 4.79 Å². The lowest BCUT2D eigenvalue weighted by Crippen LogP contribution is -2.42. The number of hydrogen-bond acceptors (Lipinski definition) is 3. The van der Waals surface area contributed by atoms with Crippen LogP contribution in [0.4, 0.5) is 10.5 Å². The van der Waals surface area contributed by atoms with Crippen LogP contribution in [0.5, 0.6) is 0 Å². The monoisotopic (exact) mass is 328 g/mol. The van der Waals surface area contributed by atoms with Gasteiger partial charge in [0.05, 0.1) is 11.4 Å². The summed E-state index contributed by atoms with van der Waals surface area (Å²) in [6.07, 6.45) is 3.90. The van der Waals surface area contributed by atoms with Crippen molar-refractivity contribution < 1.29 is 9.53 Å². The van der Waals surface area contributed by atoms with Crippen molar-refractivity contribution in [3.8, 4) is 5.69 Å². The van der Waals surface area contributed by atoms with Crippen LogP contribution in [-0.2, 0) is 4.74 Å². The molecule has 1 aromatic heterocycles. The van der Waals surface area contributed by atoms with Gasteiger partial charge in [0.2, 0.25) is 0 Å². The average molecular weight is 328 g/mol. The highest BCUT2D eigenvalue weighted by molar-refractivity contribution is 5.89. The van der Waals surface area contributed by atoms with Crippen molar-refractivity contribution in [1.29, 1.82) is 0 Å². The summed E-state index contributed by atoms with van der Waals surface area (Å²) in [5.74, 6) is 0.475. The number of ether oxygens (including phenoxy) is 1. The van der Waals surface area contributed by atoms with Crippen LogP contribution in [0.2, 0.25) is 0 Å². The molecule has 1 saturated heterocycles. The molecule has 1 aliphatic heterocycles. The molecule has 0 bridgehead atoms. The summed E-state index contributed by atoms with van der Waals surface area (Å²) >= 11 is 0. The van der Waals surface area contributed by atoms with Crippen LogP contribution in [0.3, 0.4) is 0 Å². The van der Waals surface area contributed by atoms with Crippen molar-refractivity contribution in [3.05, 3.63) is 42.2 Å². The lowest BCUT2D eigenvalue weighted by atomic mass is 9.93. The Labute approximate surface area is 142 Å². The van der Waals surface area contributed by atoms with Crippen LogP contribution in [0, 0.1) is 12.8 Å². The van der Waals surface area contributed by atoms with E-state index >= 15 is 0 Å². The maximum absolute atomic E-state index is 12.2. The predicted octanol–water partition coefficient (Wildman–Crippen LogP) is 3.12. The number of nitrogens with zero attached hydrogens (tertiary/aromatic N) is 2. The van der Waals surface area contributed by atoms with Gasteiger partial charge in [-0.25, -0.2) is 9.48 Å². The van der Waals surface area contributed by atoms with E-state index in [1.54, 1.807) is 4.68 Å². The molecule has 0 spiro atoms. The van der Waals surface area contributed by atoms with Crippen LogP contribution in [0.25, 0.3) is 5.69 Å². The van der Waals surface area contributed by atoms with Gasteiger partial charge in [-0.15, -0.1) is 0 Å². The molecular formula is C18H24N4O2. The second-order valence-electron chi connectivity index (χ2n) is 6.29. The van der Waals surface area contributed by atoms with Gasteiger partial charge < -0.3 is 15.4 Å². The molecular weight excluding hydrogens is 304 g/mol. The van der Waals surface area contributed by atoms with Gasteiger partial charge in [-0.2, -0.15) is 5.10 Å². The van der Waals surface area contributed by atoms with E-state index in [2.05, 4.69) is 22.7 Å². The third kappa shape index (κ3) is 4.14. The number of aryl methyl sites for hydroxylation is 1. The minimum Gasteiger partial charge on any atom is -0.381 e. The first-order valence-electron chi connectivity index (χ1n) is 8.40. The Bertz CT molecular complexity index is 692. The van der Waals surface area contributed by atoms with Gasteiger partial charge in [-0.1, -0.05) is 6.07 Å². The van der Waals surface area contributed by atoms with Gasteiger partial charge in [0.15, 0.2) is 0 Å².